The first-order valence-electron chi connectivity index (χ1n) is 8.30. The summed E-state index contributed by atoms with van der Waals surface area (Å²) in [5.74, 6) is -0.345. The van der Waals surface area contributed by atoms with Gasteiger partial charge in [-0.05, 0) is 42.0 Å². The molecule has 4 rings (SSSR count). The molecule has 0 aliphatic carbocycles. The average molecular weight is 343 g/mol. The Kier molecular flexibility index (Phi) is 3.89. The van der Waals surface area contributed by atoms with E-state index >= 15 is 0 Å². The van der Waals surface area contributed by atoms with Gasteiger partial charge in [-0.15, -0.1) is 0 Å². The predicted octanol–water partition coefficient (Wildman–Crippen LogP) is 3.74. The van der Waals surface area contributed by atoms with Crippen LogP contribution in [0.15, 0.2) is 72.8 Å². The van der Waals surface area contributed by atoms with E-state index in [0.29, 0.717) is 28.3 Å². The fourth-order valence-corrected chi connectivity index (χ4v) is 3.11. The van der Waals surface area contributed by atoms with Gasteiger partial charge in [0.1, 0.15) is 0 Å². The first-order chi connectivity index (χ1) is 12.6. The molecule has 0 spiro atoms. The lowest BCUT2D eigenvalue weighted by atomic mass is 10.1. The molecule has 1 aliphatic heterocycles. The lowest BCUT2D eigenvalue weighted by Gasteiger charge is -2.24. The van der Waals surface area contributed by atoms with E-state index < -0.39 is 0 Å². The zero-order valence-electron chi connectivity index (χ0n) is 14.0. The second-order valence-electron chi connectivity index (χ2n) is 6.14. The van der Waals surface area contributed by atoms with Gasteiger partial charge >= 0.3 is 0 Å². The second kappa shape index (κ2) is 6.37. The van der Waals surface area contributed by atoms with Crippen LogP contribution in [0.25, 0.3) is 0 Å². The fourth-order valence-electron chi connectivity index (χ4n) is 3.11. The van der Waals surface area contributed by atoms with Gasteiger partial charge in [-0.25, -0.2) is 0 Å². The molecule has 0 radical (unpaired) electrons. The highest BCUT2D eigenvalue weighted by Crippen LogP contribution is 2.38. The molecule has 0 fully saturated rings. The Morgan fingerprint density at radius 1 is 0.885 bits per heavy atom. The number of fused-ring (bicyclic) bond motifs is 2. The lowest BCUT2D eigenvalue weighted by Crippen LogP contribution is -2.28. The zero-order chi connectivity index (χ0) is 18.1. The Balaban J connectivity index is 1.81. The molecule has 0 atom stereocenters. The van der Waals surface area contributed by atoms with E-state index in [2.05, 4.69) is 5.32 Å². The van der Waals surface area contributed by atoms with Crippen molar-refractivity contribution in [2.75, 3.05) is 16.0 Å². The molecule has 0 aromatic heterocycles. The normalized spacial score (nSPS) is 12.6. The summed E-state index contributed by atoms with van der Waals surface area (Å²) in [6.07, 6.45) is 0.205. The molecule has 0 unspecified atom stereocenters. The van der Waals surface area contributed by atoms with E-state index in [4.69, 9.17) is 5.73 Å². The summed E-state index contributed by atoms with van der Waals surface area (Å²) < 4.78 is 0. The van der Waals surface area contributed by atoms with Gasteiger partial charge in [0.2, 0.25) is 5.91 Å². The average Bonchev–Trinajstić information content (AvgIpc) is 2.77. The number of hydrogen-bond acceptors (Lipinski definition) is 3. The first kappa shape index (κ1) is 15.9. The van der Waals surface area contributed by atoms with Crippen LogP contribution in [0, 0.1) is 0 Å². The van der Waals surface area contributed by atoms with Crippen molar-refractivity contribution in [2.24, 2.45) is 0 Å². The molecule has 0 bridgehead atoms. The number of amides is 2. The van der Waals surface area contributed by atoms with Gasteiger partial charge in [-0.1, -0.05) is 36.4 Å². The third-order valence-corrected chi connectivity index (χ3v) is 4.37. The maximum absolute atomic E-state index is 13.2. The number of para-hydroxylation sites is 3. The monoisotopic (exact) mass is 343 g/mol. The van der Waals surface area contributed by atoms with Crippen LogP contribution >= 0.6 is 0 Å². The van der Waals surface area contributed by atoms with Gasteiger partial charge in [-0.2, -0.15) is 0 Å². The van der Waals surface area contributed by atoms with Gasteiger partial charge < -0.3 is 11.1 Å². The molecule has 5 nitrogen and oxygen atoms in total. The Morgan fingerprint density at radius 2 is 1.54 bits per heavy atom. The molecule has 128 valence electrons. The summed E-state index contributed by atoms with van der Waals surface area (Å²) in [5.41, 5.74) is 9.55. The van der Waals surface area contributed by atoms with Crippen molar-refractivity contribution in [2.45, 2.75) is 6.42 Å². The molecule has 2 amide bonds. The molecule has 1 aliphatic rings. The van der Waals surface area contributed by atoms with Gasteiger partial charge in [0, 0.05) is 5.69 Å². The number of hydrogen-bond donors (Lipinski definition) is 2. The van der Waals surface area contributed by atoms with Crippen molar-refractivity contribution < 1.29 is 9.59 Å². The van der Waals surface area contributed by atoms with Gasteiger partial charge in [0.05, 0.1) is 29.0 Å². The number of nitrogens with two attached hydrogens (primary N) is 1. The number of rotatable bonds is 2. The molecule has 0 saturated carbocycles. The second-order valence-corrected chi connectivity index (χ2v) is 6.14. The van der Waals surface area contributed by atoms with Crippen molar-refractivity contribution in [3.05, 3.63) is 83.9 Å². The van der Waals surface area contributed by atoms with Crippen LogP contribution in [0.3, 0.4) is 0 Å². The molecule has 1 heterocycles. The lowest BCUT2D eigenvalue weighted by molar-refractivity contribution is -0.117. The number of carbonyl (C=O) groups excluding carboxylic acids is 2. The predicted molar refractivity (Wildman–Crippen MR) is 103 cm³/mol. The fraction of sp³-hybridized carbons (Fsp3) is 0.0476. The summed E-state index contributed by atoms with van der Waals surface area (Å²) in [6.45, 7) is 0. The minimum atomic E-state index is -0.226. The van der Waals surface area contributed by atoms with Crippen LogP contribution in [0.2, 0.25) is 0 Å². The molecule has 3 aromatic rings. The van der Waals surface area contributed by atoms with Crippen molar-refractivity contribution in [3.63, 3.8) is 0 Å². The van der Waals surface area contributed by atoms with E-state index in [9.17, 15) is 9.59 Å². The molecule has 26 heavy (non-hydrogen) atoms. The number of nitrogens with zero attached hydrogens (tertiary/aromatic N) is 1. The number of benzene rings is 3. The summed E-state index contributed by atoms with van der Waals surface area (Å²) in [4.78, 5) is 27.4. The first-order valence-corrected chi connectivity index (χ1v) is 8.30. The van der Waals surface area contributed by atoms with Crippen molar-refractivity contribution in [1.82, 2.24) is 0 Å². The number of nitrogen functional groups attached to an aromatic ring is 1. The van der Waals surface area contributed by atoms with Crippen molar-refractivity contribution >= 4 is 34.6 Å². The highest BCUT2D eigenvalue weighted by Gasteiger charge is 2.28. The maximum atomic E-state index is 13.2. The minimum absolute atomic E-state index is 0.119. The molecule has 3 aromatic carbocycles. The standard InChI is InChI=1S/C21H17N3O2/c22-15-11-9-14(10-12-15)13-20(25)24-18-7-3-1-5-16(18)21(26)23-17-6-2-4-8-19(17)24/h1-12H,13,22H2,(H,23,26). The molecular formula is C21H17N3O2. The quantitative estimate of drug-likeness (QED) is 0.696. The highest BCUT2D eigenvalue weighted by molar-refractivity contribution is 6.17. The Bertz CT molecular complexity index is 996. The third kappa shape index (κ3) is 2.80. The topological polar surface area (TPSA) is 75.4 Å². The number of carbonyl (C=O) groups is 2. The molecule has 0 saturated heterocycles. The largest absolute Gasteiger partial charge is 0.399 e. The van der Waals surface area contributed by atoms with Crippen LogP contribution in [-0.4, -0.2) is 11.8 Å². The van der Waals surface area contributed by atoms with Gasteiger partial charge in [-0.3, -0.25) is 14.5 Å². The van der Waals surface area contributed by atoms with Crippen molar-refractivity contribution in [3.8, 4) is 0 Å². The van der Waals surface area contributed by atoms with Crippen LogP contribution in [0.4, 0.5) is 22.7 Å². The SMILES string of the molecule is Nc1ccc(CC(=O)N2c3ccccc3NC(=O)c3ccccc32)cc1. The number of anilines is 4. The van der Waals surface area contributed by atoms with Gasteiger partial charge in [0.15, 0.2) is 0 Å². The van der Waals surface area contributed by atoms with E-state index in [-0.39, 0.29) is 18.2 Å². The van der Waals surface area contributed by atoms with E-state index in [1.165, 1.54) is 0 Å². The Hall–Kier alpha value is -3.60. The zero-order valence-corrected chi connectivity index (χ0v) is 14.0. The maximum Gasteiger partial charge on any atom is 0.257 e. The van der Waals surface area contributed by atoms with Crippen LogP contribution in [0.5, 0.6) is 0 Å². The van der Waals surface area contributed by atoms with E-state index in [0.717, 1.165) is 5.56 Å². The van der Waals surface area contributed by atoms with E-state index in [1.54, 1.807) is 41.3 Å². The smallest absolute Gasteiger partial charge is 0.257 e. The summed E-state index contributed by atoms with van der Waals surface area (Å²) in [7, 11) is 0. The molecular weight excluding hydrogens is 326 g/mol. The highest BCUT2D eigenvalue weighted by atomic mass is 16.2. The Morgan fingerprint density at radius 3 is 2.31 bits per heavy atom. The Labute approximate surface area is 151 Å². The minimum Gasteiger partial charge on any atom is -0.399 e. The van der Waals surface area contributed by atoms with Crippen LogP contribution in [-0.2, 0) is 11.2 Å². The number of nitrogens with one attached hydrogen (secondary N) is 1. The van der Waals surface area contributed by atoms with Crippen LogP contribution in [0.1, 0.15) is 15.9 Å². The van der Waals surface area contributed by atoms with E-state index in [1.807, 2.05) is 36.4 Å². The molecule has 3 N–H and O–H groups in total. The third-order valence-electron chi connectivity index (χ3n) is 4.37. The summed E-state index contributed by atoms with van der Waals surface area (Å²) in [5, 5.41) is 2.89. The summed E-state index contributed by atoms with van der Waals surface area (Å²) >= 11 is 0. The van der Waals surface area contributed by atoms with Gasteiger partial charge in [0.25, 0.3) is 5.91 Å². The van der Waals surface area contributed by atoms with Crippen LogP contribution < -0.4 is 16.0 Å². The van der Waals surface area contributed by atoms with Crippen molar-refractivity contribution in [1.29, 1.82) is 0 Å². The summed E-state index contributed by atoms with van der Waals surface area (Å²) in [6, 6.07) is 21.7. The molecule has 5 heteroatoms.